The maximum absolute atomic E-state index is 11.3. The summed E-state index contributed by atoms with van der Waals surface area (Å²) in [6, 6.07) is 6.75. The zero-order valence-electron chi connectivity index (χ0n) is 8.33. The van der Waals surface area contributed by atoms with Gasteiger partial charge < -0.3 is 4.74 Å². The van der Waals surface area contributed by atoms with E-state index in [4.69, 9.17) is 4.74 Å². The highest BCUT2D eigenvalue weighted by molar-refractivity contribution is 9.18. The molecule has 0 heterocycles. The molecule has 1 rings (SSSR count). The number of benzene rings is 1. The molecule has 15 heavy (non-hydrogen) atoms. The lowest BCUT2D eigenvalue weighted by molar-refractivity contribution is -0.112. The van der Waals surface area contributed by atoms with E-state index < -0.39 is 0 Å². The van der Waals surface area contributed by atoms with Crippen molar-refractivity contribution in [2.75, 3.05) is 6.61 Å². The van der Waals surface area contributed by atoms with Crippen molar-refractivity contribution in [3.63, 3.8) is 0 Å². The Morgan fingerprint density at radius 2 is 1.87 bits per heavy atom. The highest BCUT2D eigenvalue weighted by Crippen LogP contribution is 2.13. The number of hydrogen-bond acceptors (Lipinski definition) is 3. The number of halogens is 1. The van der Waals surface area contributed by atoms with E-state index in [0.29, 0.717) is 17.7 Å². The summed E-state index contributed by atoms with van der Waals surface area (Å²) in [6.45, 7) is 1.80. The number of Topliss-reactive ketones (excluding diaryl/α,β-unsaturated/α-hetero) is 1. The average molecular weight is 271 g/mol. The van der Waals surface area contributed by atoms with Crippen molar-refractivity contribution in [1.82, 2.24) is 0 Å². The lowest BCUT2D eigenvalue weighted by Gasteiger charge is -2.03. The zero-order valence-corrected chi connectivity index (χ0v) is 9.91. The van der Waals surface area contributed by atoms with E-state index in [1.54, 1.807) is 24.3 Å². The molecule has 0 aliphatic heterocycles. The summed E-state index contributed by atoms with van der Waals surface area (Å²) >= 11 is 2.76. The molecule has 1 aromatic rings. The van der Waals surface area contributed by atoms with Crippen LogP contribution in [0.5, 0.6) is 5.75 Å². The van der Waals surface area contributed by atoms with Gasteiger partial charge in [-0.25, -0.2) is 0 Å². The molecule has 0 atom stereocenters. The van der Waals surface area contributed by atoms with Crippen LogP contribution in [0.1, 0.15) is 23.7 Å². The van der Waals surface area contributed by atoms with Crippen LogP contribution in [0.4, 0.5) is 0 Å². The van der Waals surface area contributed by atoms with Crippen LogP contribution < -0.4 is 4.74 Å². The van der Waals surface area contributed by atoms with Crippen molar-refractivity contribution in [2.45, 2.75) is 13.3 Å². The third-order valence-corrected chi connectivity index (χ3v) is 2.08. The standard InChI is InChI=1S/C11H11BrO3/c1-2-10(13)8-3-5-9(6-4-8)15-7-11(12)14/h3-6H,2,7H2,1H3. The van der Waals surface area contributed by atoms with Gasteiger partial charge >= 0.3 is 0 Å². The van der Waals surface area contributed by atoms with E-state index in [1.165, 1.54) is 0 Å². The molecular weight excluding hydrogens is 260 g/mol. The van der Waals surface area contributed by atoms with E-state index >= 15 is 0 Å². The van der Waals surface area contributed by atoms with E-state index in [1.807, 2.05) is 6.92 Å². The van der Waals surface area contributed by atoms with E-state index in [9.17, 15) is 9.59 Å². The van der Waals surface area contributed by atoms with E-state index in [0.717, 1.165) is 0 Å². The third-order valence-electron chi connectivity index (χ3n) is 1.85. The number of hydrogen-bond donors (Lipinski definition) is 0. The smallest absolute Gasteiger partial charge is 0.235 e. The lowest BCUT2D eigenvalue weighted by atomic mass is 10.1. The molecule has 1 aromatic carbocycles. The zero-order chi connectivity index (χ0) is 11.3. The fourth-order valence-corrected chi connectivity index (χ4v) is 1.20. The second-order valence-electron chi connectivity index (χ2n) is 2.94. The Bertz CT molecular complexity index is 357. The van der Waals surface area contributed by atoms with Gasteiger partial charge in [0.25, 0.3) is 0 Å². The Labute approximate surface area is 96.6 Å². The number of rotatable bonds is 5. The molecule has 0 aliphatic carbocycles. The molecule has 0 aliphatic rings. The second kappa shape index (κ2) is 5.66. The van der Waals surface area contributed by atoms with E-state index in [2.05, 4.69) is 15.9 Å². The van der Waals surface area contributed by atoms with Gasteiger partial charge in [-0.15, -0.1) is 0 Å². The van der Waals surface area contributed by atoms with Crippen LogP contribution in [-0.4, -0.2) is 17.1 Å². The van der Waals surface area contributed by atoms with Crippen LogP contribution in [-0.2, 0) is 4.79 Å². The summed E-state index contributed by atoms with van der Waals surface area (Å²) in [5, 5.41) is 0. The molecule has 0 spiro atoms. The third kappa shape index (κ3) is 3.83. The molecule has 80 valence electrons. The predicted octanol–water partition coefficient (Wildman–Crippen LogP) is 2.58. The molecule has 0 saturated heterocycles. The van der Waals surface area contributed by atoms with Gasteiger partial charge in [0.2, 0.25) is 4.69 Å². The van der Waals surface area contributed by atoms with Gasteiger partial charge in [0.05, 0.1) is 0 Å². The summed E-state index contributed by atoms with van der Waals surface area (Å²) in [6.07, 6.45) is 0.486. The summed E-state index contributed by atoms with van der Waals surface area (Å²) in [5.41, 5.74) is 0.662. The van der Waals surface area contributed by atoms with Crippen LogP contribution in [0.2, 0.25) is 0 Å². The average Bonchev–Trinajstić information content (AvgIpc) is 2.26. The number of carbonyl (C=O) groups excluding carboxylic acids is 2. The van der Waals surface area contributed by atoms with Crippen LogP contribution in [0.3, 0.4) is 0 Å². The number of ether oxygens (including phenoxy) is 1. The van der Waals surface area contributed by atoms with Gasteiger partial charge in [0, 0.05) is 12.0 Å². The normalized spacial score (nSPS) is 9.73. The highest BCUT2D eigenvalue weighted by atomic mass is 79.9. The first-order valence-electron chi connectivity index (χ1n) is 4.58. The topological polar surface area (TPSA) is 43.4 Å². The molecule has 0 radical (unpaired) electrons. The maximum Gasteiger partial charge on any atom is 0.235 e. The first kappa shape index (κ1) is 11.9. The largest absolute Gasteiger partial charge is 0.485 e. The molecular formula is C11H11BrO3. The van der Waals surface area contributed by atoms with Gasteiger partial charge in [0.1, 0.15) is 5.75 Å². The predicted molar refractivity (Wildman–Crippen MR) is 60.5 cm³/mol. The Balaban J connectivity index is 2.64. The molecule has 0 unspecified atom stereocenters. The van der Waals surface area contributed by atoms with Crippen molar-refractivity contribution < 1.29 is 14.3 Å². The van der Waals surface area contributed by atoms with Gasteiger partial charge in [-0.3, -0.25) is 9.59 Å². The summed E-state index contributed by atoms with van der Waals surface area (Å²) in [7, 11) is 0. The number of carbonyl (C=O) groups is 2. The molecule has 0 amide bonds. The fourth-order valence-electron chi connectivity index (χ4n) is 1.08. The van der Waals surface area contributed by atoms with Gasteiger partial charge in [-0.1, -0.05) is 6.92 Å². The first-order chi connectivity index (χ1) is 7.13. The summed E-state index contributed by atoms with van der Waals surface area (Å²) in [4.78, 5) is 21.9. The Morgan fingerprint density at radius 3 is 2.33 bits per heavy atom. The molecule has 3 nitrogen and oxygen atoms in total. The summed E-state index contributed by atoms with van der Waals surface area (Å²) in [5.74, 6) is 0.675. The Morgan fingerprint density at radius 1 is 1.27 bits per heavy atom. The molecule has 0 aromatic heterocycles. The SMILES string of the molecule is CCC(=O)c1ccc(OCC(=O)Br)cc1. The van der Waals surface area contributed by atoms with Crippen LogP contribution >= 0.6 is 15.9 Å². The molecule has 0 saturated carbocycles. The Kier molecular flexibility index (Phi) is 4.49. The van der Waals surface area contributed by atoms with Crippen molar-refractivity contribution in [3.8, 4) is 5.75 Å². The number of ketones is 1. The van der Waals surface area contributed by atoms with Crippen LogP contribution in [0.15, 0.2) is 24.3 Å². The minimum atomic E-state index is -0.212. The lowest BCUT2D eigenvalue weighted by Crippen LogP contribution is -2.04. The summed E-state index contributed by atoms with van der Waals surface area (Å²) < 4.78 is 4.92. The van der Waals surface area contributed by atoms with Crippen molar-refractivity contribution in [3.05, 3.63) is 29.8 Å². The Hall–Kier alpha value is -1.16. The van der Waals surface area contributed by atoms with Crippen molar-refractivity contribution in [1.29, 1.82) is 0 Å². The van der Waals surface area contributed by atoms with Gasteiger partial charge in [0.15, 0.2) is 12.4 Å². The van der Waals surface area contributed by atoms with Gasteiger partial charge in [-0.05, 0) is 40.2 Å². The minimum absolute atomic E-state index is 0.0128. The van der Waals surface area contributed by atoms with Gasteiger partial charge in [-0.2, -0.15) is 0 Å². The van der Waals surface area contributed by atoms with Crippen LogP contribution in [0.25, 0.3) is 0 Å². The van der Waals surface area contributed by atoms with Crippen molar-refractivity contribution >= 4 is 26.4 Å². The maximum atomic E-state index is 11.3. The molecule has 0 fully saturated rings. The van der Waals surface area contributed by atoms with Crippen LogP contribution in [0, 0.1) is 0 Å². The minimum Gasteiger partial charge on any atom is -0.485 e. The van der Waals surface area contributed by atoms with Crippen molar-refractivity contribution in [2.24, 2.45) is 0 Å². The molecule has 0 bridgehead atoms. The fraction of sp³-hybridized carbons (Fsp3) is 0.273. The molecule has 4 heteroatoms. The highest BCUT2D eigenvalue weighted by Gasteiger charge is 2.03. The second-order valence-corrected chi connectivity index (χ2v) is 3.83. The quantitative estimate of drug-likeness (QED) is 0.610. The van der Waals surface area contributed by atoms with E-state index in [-0.39, 0.29) is 17.1 Å². The molecule has 0 N–H and O–H groups in total. The monoisotopic (exact) mass is 270 g/mol. The first-order valence-corrected chi connectivity index (χ1v) is 5.37.